The normalized spacial score (nSPS) is 15.2. The van der Waals surface area contributed by atoms with E-state index >= 15 is 0 Å². The second kappa shape index (κ2) is 6.43. The van der Waals surface area contributed by atoms with Crippen LogP contribution in [0, 0.1) is 17.2 Å². The highest BCUT2D eigenvalue weighted by Crippen LogP contribution is 2.20. The maximum absolute atomic E-state index is 8.75. The zero-order valence-corrected chi connectivity index (χ0v) is 11.9. The minimum atomic E-state index is 0.601. The standard InChI is InChI=1S/C18H18N2O/c19-10-15-6-8-18(9-7-15)21-14-17-12-20(13-17)11-16-4-2-1-3-5-16/h1-9,17H,11-14H2. The van der Waals surface area contributed by atoms with Crippen LogP contribution >= 0.6 is 0 Å². The van der Waals surface area contributed by atoms with Crippen molar-refractivity contribution in [3.05, 3.63) is 65.7 Å². The second-order valence-corrected chi connectivity index (χ2v) is 5.49. The van der Waals surface area contributed by atoms with Gasteiger partial charge in [-0.3, -0.25) is 4.90 Å². The minimum absolute atomic E-state index is 0.601. The molecule has 0 bridgehead atoms. The Hall–Kier alpha value is -2.31. The van der Waals surface area contributed by atoms with Crippen molar-refractivity contribution in [2.24, 2.45) is 5.92 Å². The molecule has 0 N–H and O–H groups in total. The lowest BCUT2D eigenvalue weighted by atomic mass is 10.0. The summed E-state index contributed by atoms with van der Waals surface area (Å²) in [4.78, 5) is 2.43. The molecule has 3 rings (SSSR count). The van der Waals surface area contributed by atoms with Crippen molar-refractivity contribution >= 4 is 0 Å². The minimum Gasteiger partial charge on any atom is -0.493 e. The summed E-state index contributed by atoms with van der Waals surface area (Å²) in [5.41, 5.74) is 2.03. The molecule has 0 amide bonds. The van der Waals surface area contributed by atoms with Crippen LogP contribution in [0.2, 0.25) is 0 Å². The molecule has 0 unspecified atom stereocenters. The SMILES string of the molecule is N#Cc1ccc(OCC2CN(Cc3ccccc3)C2)cc1. The van der Waals surface area contributed by atoms with Gasteiger partial charge in [0.15, 0.2) is 0 Å². The maximum Gasteiger partial charge on any atom is 0.119 e. The molecule has 0 aromatic heterocycles. The van der Waals surface area contributed by atoms with Crippen LogP contribution in [0.4, 0.5) is 0 Å². The highest BCUT2D eigenvalue weighted by Gasteiger charge is 2.26. The van der Waals surface area contributed by atoms with E-state index in [0.717, 1.165) is 32.0 Å². The predicted octanol–water partition coefficient (Wildman–Crippen LogP) is 3.07. The molecule has 1 saturated heterocycles. The van der Waals surface area contributed by atoms with E-state index in [2.05, 4.69) is 35.2 Å². The van der Waals surface area contributed by atoms with E-state index in [0.29, 0.717) is 11.5 Å². The lowest BCUT2D eigenvalue weighted by Gasteiger charge is -2.39. The number of nitriles is 1. The van der Waals surface area contributed by atoms with Crippen LogP contribution in [0.5, 0.6) is 5.75 Å². The molecule has 2 aromatic rings. The molecule has 1 aliphatic rings. The van der Waals surface area contributed by atoms with Gasteiger partial charge < -0.3 is 4.74 Å². The van der Waals surface area contributed by atoms with Gasteiger partial charge in [-0.15, -0.1) is 0 Å². The molecular weight excluding hydrogens is 260 g/mol. The van der Waals surface area contributed by atoms with E-state index < -0.39 is 0 Å². The second-order valence-electron chi connectivity index (χ2n) is 5.49. The van der Waals surface area contributed by atoms with Gasteiger partial charge in [0.1, 0.15) is 5.75 Å². The molecule has 1 fully saturated rings. The van der Waals surface area contributed by atoms with E-state index in [-0.39, 0.29) is 0 Å². The highest BCUT2D eigenvalue weighted by atomic mass is 16.5. The summed E-state index contributed by atoms with van der Waals surface area (Å²) in [5, 5.41) is 8.75. The van der Waals surface area contributed by atoms with Crippen LogP contribution in [-0.4, -0.2) is 24.6 Å². The Morgan fingerprint density at radius 1 is 1.05 bits per heavy atom. The summed E-state index contributed by atoms with van der Waals surface area (Å²) >= 11 is 0. The Kier molecular flexibility index (Phi) is 4.18. The maximum atomic E-state index is 8.75. The van der Waals surface area contributed by atoms with Crippen LogP contribution in [0.3, 0.4) is 0 Å². The van der Waals surface area contributed by atoms with Crippen molar-refractivity contribution in [1.29, 1.82) is 5.26 Å². The number of rotatable bonds is 5. The summed E-state index contributed by atoms with van der Waals surface area (Å²) in [7, 11) is 0. The van der Waals surface area contributed by atoms with E-state index in [1.807, 2.05) is 18.2 Å². The third-order valence-electron chi connectivity index (χ3n) is 3.75. The number of likely N-dealkylation sites (tertiary alicyclic amines) is 1. The Morgan fingerprint density at radius 2 is 1.76 bits per heavy atom. The first-order valence-electron chi connectivity index (χ1n) is 7.23. The Morgan fingerprint density at radius 3 is 2.43 bits per heavy atom. The molecule has 1 aliphatic heterocycles. The third-order valence-corrected chi connectivity index (χ3v) is 3.75. The Labute approximate surface area is 125 Å². The van der Waals surface area contributed by atoms with Gasteiger partial charge in [0.05, 0.1) is 18.2 Å². The van der Waals surface area contributed by atoms with Crippen molar-refractivity contribution in [2.45, 2.75) is 6.54 Å². The molecule has 0 atom stereocenters. The summed E-state index contributed by atoms with van der Waals surface area (Å²) in [6.07, 6.45) is 0. The Bertz CT molecular complexity index is 610. The van der Waals surface area contributed by atoms with Crippen LogP contribution in [0.1, 0.15) is 11.1 Å². The van der Waals surface area contributed by atoms with E-state index in [9.17, 15) is 0 Å². The predicted molar refractivity (Wildman–Crippen MR) is 81.9 cm³/mol. The first-order chi connectivity index (χ1) is 10.3. The van der Waals surface area contributed by atoms with Gasteiger partial charge in [0.2, 0.25) is 0 Å². The van der Waals surface area contributed by atoms with Crippen molar-refractivity contribution in [2.75, 3.05) is 19.7 Å². The first kappa shape index (κ1) is 13.7. The number of benzene rings is 2. The van der Waals surface area contributed by atoms with Crippen LogP contribution in [0.15, 0.2) is 54.6 Å². The molecule has 0 saturated carbocycles. The van der Waals surface area contributed by atoms with E-state index in [1.165, 1.54) is 5.56 Å². The van der Waals surface area contributed by atoms with Gasteiger partial charge >= 0.3 is 0 Å². The fourth-order valence-corrected chi connectivity index (χ4v) is 2.59. The smallest absolute Gasteiger partial charge is 0.119 e. The fourth-order valence-electron chi connectivity index (χ4n) is 2.59. The van der Waals surface area contributed by atoms with Crippen LogP contribution in [-0.2, 0) is 6.54 Å². The largest absolute Gasteiger partial charge is 0.493 e. The molecule has 0 radical (unpaired) electrons. The van der Waals surface area contributed by atoms with Crippen molar-refractivity contribution < 1.29 is 4.74 Å². The molecule has 21 heavy (non-hydrogen) atoms. The summed E-state index contributed by atoms with van der Waals surface area (Å²) in [6.45, 7) is 3.95. The summed E-state index contributed by atoms with van der Waals surface area (Å²) in [6, 6.07) is 20.0. The quantitative estimate of drug-likeness (QED) is 0.843. The van der Waals surface area contributed by atoms with Gasteiger partial charge in [0, 0.05) is 25.6 Å². The fraction of sp³-hybridized carbons (Fsp3) is 0.278. The Balaban J connectivity index is 1.40. The van der Waals surface area contributed by atoms with Crippen molar-refractivity contribution in [3.63, 3.8) is 0 Å². The van der Waals surface area contributed by atoms with E-state index in [1.54, 1.807) is 12.1 Å². The number of hydrogen-bond donors (Lipinski definition) is 0. The van der Waals surface area contributed by atoms with E-state index in [4.69, 9.17) is 10.00 Å². The molecule has 0 aliphatic carbocycles. The number of nitrogens with zero attached hydrogens (tertiary/aromatic N) is 2. The van der Waals surface area contributed by atoms with Gasteiger partial charge in [-0.1, -0.05) is 30.3 Å². The van der Waals surface area contributed by atoms with Crippen molar-refractivity contribution in [3.8, 4) is 11.8 Å². The summed E-state index contributed by atoms with van der Waals surface area (Å²) in [5.74, 6) is 1.44. The molecule has 3 nitrogen and oxygen atoms in total. The van der Waals surface area contributed by atoms with Crippen molar-refractivity contribution in [1.82, 2.24) is 4.90 Å². The van der Waals surface area contributed by atoms with Gasteiger partial charge in [0.25, 0.3) is 0 Å². The number of hydrogen-bond acceptors (Lipinski definition) is 3. The molecule has 2 aromatic carbocycles. The molecule has 106 valence electrons. The molecular formula is C18H18N2O. The van der Waals surface area contributed by atoms with Crippen LogP contribution < -0.4 is 4.74 Å². The lowest BCUT2D eigenvalue weighted by Crippen LogP contribution is -2.48. The monoisotopic (exact) mass is 278 g/mol. The highest BCUT2D eigenvalue weighted by molar-refractivity contribution is 5.34. The average Bonchev–Trinajstić information content (AvgIpc) is 2.51. The lowest BCUT2D eigenvalue weighted by molar-refractivity contribution is 0.0558. The molecule has 3 heteroatoms. The summed E-state index contributed by atoms with van der Waals surface area (Å²) < 4.78 is 5.77. The van der Waals surface area contributed by atoms with Gasteiger partial charge in [-0.2, -0.15) is 5.26 Å². The third kappa shape index (κ3) is 3.62. The average molecular weight is 278 g/mol. The van der Waals surface area contributed by atoms with Gasteiger partial charge in [-0.25, -0.2) is 0 Å². The molecule has 0 spiro atoms. The van der Waals surface area contributed by atoms with Crippen LogP contribution in [0.25, 0.3) is 0 Å². The number of ether oxygens (including phenoxy) is 1. The zero-order valence-electron chi connectivity index (χ0n) is 11.9. The molecule has 1 heterocycles. The zero-order chi connectivity index (χ0) is 14.5. The van der Waals surface area contributed by atoms with Gasteiger partial charge in [-0.05, 0) is 29.8 Å². The first-order valence-corrected chi connectivity index (χ1v) is 7.23. The topological polar surface area (TPSA) is 36.3 Å².